The van der Waals surface area contributed by atoms with Crippen molar-refractivity contribution in [1.82, 2.24) is 0 Å². The lowest BCUT2D eigenvalue weighted by atomic mass is 10.1. The van der Waals surface area contributed by atoms with Crippen LogP contribution in [0.4, 0.5) is 8.78 Å². The summed E-state index contributed by atoms with van der Waals surface area (Å²) in [5.41, 5.74) is 0.881. The zero-order chi connectivity index (χ0) is 26.7. The van der Waals surface area contributed by atoms with Crippen molar-refractivity contribution in [2.75, 3.05) is 13.2 Å². The van der Waals surface area contributed by atoms with E-state index in [2.05, 4.69) is 4.74 Å². The van der Waals surface area contributed by atoms with Crippen LogP contribution in [-0.4, -0.2) is 37.4 Å². The molecule has 1 heterocycles. The normalized spacial score (nSPS) is 17.0. The van der Waals surface area contributed by atoms with E-state index in [1.165, 1.54) is 12.1 Å². The highest BCUT2D eigenvalue weighted by Gasteiger charge is 2.49. The third-order valence-electron chi connectivity index (χ3n) is 5.71. The summed E-state index contributed by atoms with van der Waals surface area (Å²) in [7, 11) is -6.82. The quantitative estimate of drug-likeness (QED) is 0.180. The number of carbonyl (C=O) groups is 1. The first kappa shape index (κ1) is 27.2. The van der Waals surface area contributed by atoms with Crippen LogP contribution < -0.4 is 4.74 Å². The molecule has 3 aromatic carbocycles. The Morgan fingerprint density at radius 2 is 1.38 bits per heavy atom. The third kappa shape index (κ3) is 6.02. The van der Waals surface area contributed by atoms with Crippen LogP contribution in [0.1, 0.15) is 25.3 Å². The second-order valence-corrected chi connectivity index (χ2v) is 11.8. The SMILES string of the molecule is CC1(c2ccc([S+](c3ccccc3)c3ccc(OC(=O)C(F)(F)S(=O)(=O)[O-])cc3)cc2)OCCCCO1. The monoisotopic (exact) mass is 550 g/mol. The predicted molar refractivity (Wildman–Crippen MR) is 130 cm³/mol. The van der Waals surface area contributed by atoms with Gasteiger partial charge in [0.2, 0.25) is 0 Å². The summed E-state index contributed by atoms with van der Waals surface area (Å²) >= 11 is 0. The Balaban J connectivity index is 1.62. The maximum Gasteiger partial charge on any atom is 0.429 e. The van der Waals surface area contributed by atoms with Crippen molar-refractivity contribution < 1.29 is 40.8 Å². The first-order valence-corrected chi connectivity index (χ1v) is 14.0. The Hall–Kier alpha value is -2.83. The van der Waals surface area contributed by atoms with E-state index >= 15 is 0 Å². The van der Waals surface area contributed by atoms with Crippen LogP contribution >= 0.6 is 0 Å². The van der Waals surface area contributed by atoms with Crippen LogP contribution in [0.25, 0.3) is 0 Å². The zero-order valence-electron chi connectivity index (χ0n) is 19.8. The molecule has 1 fully saturated rings. The van der Waals surface area contributed by atoms with Crippen molar-refractivity contribution in [3.63, 3.8) is 0 Å². The van der Waals surface area contributed by atoms with E-state index in [9.17, 15) is 26.5 Å². The highest BCUT2D eigenvalue weighted by Crippen LogP contribution is 2.35. The molecular formula is C26H24F2O7S2. The molecule has 0 amide bonds. The van der Waals surface area contributed by atoms with Gasteiger partial charge in [0.05, 0.1) is 24.1 Å². The van der Waals surface area contributed by atoms with Gasteiger partial charge in [0.15, 0.2) is 30.6 Å². The summed E-state index contributed by atoms with van der Waals surface area (Å²) in [5, 5.41) is -5.19. The minimum absolute atomic E-state index is 0.320. The molecule has 1 saturated heterocycles. The number of ether oxygens (including phenoxy) is 3. The highest BCUT2D eigenvalue weighted by molar-refractivity contribution is 7.97. The maximum atomic E-state index is 13.5. The molecule has 1 unspecified atom stereocenters. The molecule has 11 heteroatoms. The molecule has 0 saturated carbocycles. The summed E-state index contributed by atoms with van der Waals surface area (Å²) in [4.78, 5) is 14.3. The third-order valence-corrected chi connectivity index (χ3v) is 8.73. The van der Waals surface area contributed by atoms with E-state index in [4.69, 9.17) is 9.47 Å². The van der Waals surface area contributed by atoms with Gasteiger partial charge in [-0.15, -0.1) is 0 Å². The van der Waals surface area contributed by atoms with Gasteiger partial charge >= 0.3 is 11.2 Å². The van der Waals surface area contributed by atoms with E-state index in [0.717, 1.165) is 33.1 Å². The molecule has 196 valence electrons. The molecule has 0 aromatic heterocycles. The number of hydrogen-bond donors (Lipinski definition) is 0. The molecule has 0 radical (unpaired) electrons. The highest BCUT2D eigenvalue weighted by atomic mass is 32.2. The molecule has 7 nitrogen and oxygen atoms in total. The summed E-state index contributed by atoms with van der Waals surface area (Å²) in [6, 6.07) is 23.2. The van der Waals surface area contributed by atoms with Gasteiger partial charge in [-0.2, -0.15) is 8.78 Å². The lowest BCUT2D eigenvalue weighted by molar-refractivity contribution is -0.221. The molecule has 37 heavy (non-hydrogen) atoms. The molecule has 4 rings (SSSR count). The van der Waals surface area contributed by atoms with Crippen LogP contribution in [0.5, 0.6) is 5.75 Å². The second-order valence-electron chi connectivity index (χ2n) is 8.33. The summed E-state index contributed by atoms with van der Waals surface area (Å²) < 4.78 is 75.4. The average Bonchev–Trinajstić information content (AvgIpc) is 3.11. The fourth-order valence-corrected chi connectivity index (χ4v) is 6.03. The lowest BCUT2D eigenvalue weighted by Gasteiger charge is -2.28. The average molecular weight is 551 g/mol. The number of hydrogen-bond acceptors (Lipinski definition) is 7. The number of benzene rings is 3. The van der Waals surface area contributed by atoms with Gasteiger partial charge in [0.25, 0.3) is 0 Å². The standard InChI is InChI=1S/C26H24F2O7S2/c1-25(33-17-5-6-18-34-25)19-9-13-22(14-10-19)36(21-7-3-2-4-8-21)23-15-11-20(12-16-23)35-24(29)26(27,28)37(30,31)32/h2-4,7-16H,5-6,17-18H2,1H3. The number of esters is 1. The van der Waals surface area contributed by atoms with Crippen molar-refractivity contribution in [2.24, 2.45) is 0 Å². The fourth-order valence-electron chi connectivity index (χ4n) is 3.72. The van der Waals surface area contributed by atoms with Crippen molar-refractivity contribution in [3.8, 4) is 5.75 Å². The molecule has 1 atom stereocenters. The molecule has 0 N–H and O–H groups in total. The van der Waals surface area contributed by atoms with Crippen LogP contribution in [0.2, 0.25) is 0 Å². The number of alkyl halides is 2. The summed E-state index contributed by atoms with van der Waals surface area (Å²) in [6.07, 6.45) is 1.86. The van der Waals surface area contributed by atoms with E-state index < -0.39 is 38.0 Å². The Labute approximate surface area is 216 Å². The Bertz CT molecular complexity index is 1320. The van der Waals surface area contributed by atoms with Gasteiger partial charge < -0.3 is 18.8 Å². The first-order chi connectivity index (χ1) is 17.5. The van der Waals surface area contributed by atoms with Gasteiger partial charge in [-0.1, -0.05) is 18.2 Å². The Morgan fingerprint density at radius 3 is 1.89 bits per heavy atom. The van der Waals surface area contributed by atoms with Crippen LogP contribution in [0, 0.1) is 0 Å². The first-order valence-electron chi connectivity index (χ1n) is 11.3. The number of carbonyl (C=O) groups excluding carboxylic acids is 1. The topological polar surface area (TPSA) is 102 Å². The van der Waals surface area contributed by atoms with Crippen LogP contribution in [-0.2, 0) is 41.1 Å². The zero-order valence-corrected chi connectivity index (χ0v) is 21.4. The molecule has 1 aliphatic rings. The van der Waals surface area contributed by atoms with Crippen molar-refractivity contribution in [1.29, 1.82) is 0 Å². The van der Waals surface area contributed by atoms with E-state index in [-0.39, 0.29) is 5.75 Å². The predicted octanol–water partition coefficient (Wildman–Crippen LogP) is 4.83. The lowest BCUT2D eigenvalue weighted by Crippen LogP contribution is -2.40. The van der Waals surface area contributed by atoms with Crippen LogP contribution in [0.3, 0.4) is 0 Å². The molecule has 1 aliphatic heterocycles. The fraction of sp³-hybridized carbons (Fsp3) is 0.269. The van der Waals surface area contributed by atoms with Gasteiger partial charge in [-0.05, 0) is 80.4 Å². The van der Waals surface area contributed by atoms with E-state index in [1.54, 1.807) is 12.1 Å². The van der Waals surface area contributed by atoms with Gasteiger partial charge in [0, 0.05) is 5.56 Å². The summed E-state index contributed by atoms with van der Waals surface area (Å²) in [5.74, 6) is -3.62. The largest absolute Gasteiger partial charge is 0.743 e. The molecule has 0 aliphatic carbocycles. The van der Waals surface area contributed by atoms with Crippen molar-refractivity contribution >= 4 is 27.0 Å². The van der Waals surface area contributed by atoms with Crippen molar-refractivity contribution in [2.45, 2.75) is 45.5 Å². The Kier molecular flexibility index (Phi) is 8.00. The number of rotatable bonds is 7. The second kappa shape index (κ2) is 10.9. The minimum Gasteiger partial charge on any atom is -0.743 e. The molecule has 0 bridgehead atoms. The number of halogens is 2. The minimum atomic E-state index is -6.21. The molecular weight excluding hydrogens is 526 g/mol. The van der Waals surface area contributed by atoms with E-state index in [0.29, 0.717) is 13.2 Å². The molecule has 3 aromatic rings. The molecule has 0 spiro atoms. The smallest absolute Gasteiger partial charge is 0.429 e. The van der Waals surface area contributed by atoms with Crippen molar-refractivity contribution in [3.05, 3.63) is 84.4 Å². The van der Waals surface area contributed by atoms with Gasteiger partial charge in [0.1, 0.15) is 5.75 Å². The summed E-state index contributed by atoms with van der Waals surface area (Å²) in [6.45, 7) is 3.11. The Morgan fingerprint density at radius 1 is 0.892 bits per heavy atom. The van der Waals surface area contributed by atoms with E-state index in [1.807, 2.05) is 61.5 Å². The van der Waals surface area contributed by atoms with Gasteiger partial charge in [-0.25, -0.2) is 13.2 Å². The maximum absolute atomic E-state index is 13.5. The van der Waals surface area contributed by atoms with Gasteiger partial charge in [-0.3, -0.25) is 0 Å². The van der Waals surface area contributed by atoms with Crippen LogP contribution in [0.15, 0.2) is 93.5 Å².